The van der Waals surface area contributed by atoms with Gasteiger partial charge in [0.05, 0.1) is 19.0 Å². The maximum atomic E-state index is 12.4. The van der Waals surface area contributed by atoms with Crippen LogP contribution >= 0.6 is 0 Å². The van der Waals surface area contributed by atoms with Gasteiger partial charge in [0.15, 0.2) is 5.69 Å². The van der Waals surface area contributed by atoms with Gasteiger partial charge in [-0.15, -0.1) is 0 Å². The number of hydrogen-bond donors (Lipinski definition) is 2. The van der Waals surface area contributed by atoms with E-state index in [-0.39, 0.29) is 30.8 Å². The second kappa shape index (κ2) is 11.5. The van der Waals surface area contributed by atoms with Gasteiger partial charge in [-0.2, -0.15) is 0 Å². The van der Waals surface area contributed by atoms with Crippen molar-refractivity contribution in [2.24, 2.45) is 16.6 Å². The van der Waals surface area contributed by atoms with Crippen LogP contribution in [0.1, 0.15) is 58.5 Å². The van der Waals surface area contributed by atoms with Gasteiger partial charge in [-0.1, -0.05) is 33.3 Å². The molecule has 30 heavy (non-hydrogen) atoms. The first-order chi connectivity index (χ1) is 14.3. The number of hydrogen-bond acceptors (Lipinski definition) is 8. The van der Waals surface area contributed by atoms with Crippen LogP contribution in [0, 0.1) is 5.92 Å². The number of nitrogens with zero attached hydrogens (tertiary/aromatic N) is 2. The lowest BCUT2D eigenvalue weighted by molar-refractivity contribution is -0.150. The molecule has 1 aromatic heterocycles. The molecule has 0 aromatic carbocycles. The maximum Gasteiger partial charge on any atom is 0.323 e. The SMILES string of the molecule is CCC/C=C/[C@H](CC(=O)NCc1nc(C2=N[C@@H](C)CO2)co1)OC(=O)[C@@H](N)C(C)C. The number of aliphatic imine (C=N–C) groups is 1. The number of allylic oxidation sites excluding steroid dienone is 1. The minimum Gasteiger partial charge on any atom is -0.474 e. The van der Waals surface area contributed by atoms with Crippen LogP contribution in [0.4, 0.5) is 0 Å². The molecule has 0 spiro atoms. The number of esters is 1. The van der Waals surface area contributed by atoms with Crippen molar-refractivity contribution in [3.63, 3.8) is 0 Å². The van der Waals surface area contributed by atoms with E-state index in [0.717, 1.165) is 12.8 Å². The number of oxazole rings is 1. The van der Waals surface area contributed by atoms with E-state index in [1.54, 1.807) is 6.08 Å². The fourth-order valence-corrected chi connectivity index (χ4v) is 2.60. The minimum atomic E-state index is -0.732. The number of nitrogens with two attached hydrogens (primary N) is 1. The topological polar surface area (TPSA) is 129 Å². The summed E-state index contributed by atoms with van der Waals surface area (Å²) in [5.41, 5.74) is 6.35. The first-order valence-corrected chi connectivity index (χ1v) is 10.3. The highest BCUT2D eigenvalue weighted by Crippen LogP contribution is 2.12. The van der Waals surface area contributed by atoms with Crippen LogP contribution in [0.3, 0.4) is 0 Å². The lowest BCUT2D eigenvalue weighted by atomic mass is 10.1. The number of nitrogens with one attached hydrogen (secondary N) is 1. The summed E-state index contributed by atoms with van der Waals surface area (Å²) < 4.78 is 16.2. The van der Waals surface area contributed by atoms with Crippen molar-refractivity contribution in [1.82, 2.24) is 10.3 Å². The van der Waals surface area contributed by atoms with E-state index in [2.05, 4.69) is 15.3 Å². The molecule has 0 fully saturated rings. The molecule has 0 unspecified atom stereocenters. The molecule has 0 aliphatic carbocycles. The average molecular weight is 421 g/mol. The molecule has 0 saturated heterocycles. The molecule has 3 N–H and O–H groups in total. The summed E-state index contributed by atoms with van der Waals surface area (Å²) in [5, 5.41) is 2.73. The van der Waals surface area contributed by atoms with Gasteiger partial charge in [0.1, 0.15) is 25.0 Å². The molecule has 0 radical (unpaired) electrons. The molecule has 9 heteroatoms. The second-order valence-electron chi connectivity index (χ2n) is 7.66. The third-order valence-corrected chi connectivity index (χ3v) is 4.46. The van der Waals surface area contributed by atoms with Crippen molar-refractivity contribution in [1.29, 1.82) is 0 Å². The molecular weight excluding hydrogens is 388 g/mol. The Labute approximate surface area is 177 Å². The Morgan fingerprint density at radius 3 is 2.83 bits per heavy atom. The molecule has 0 saturated carbocycles. The predicted octanol–water partition coefficient (Wildman–Crippen LogP) is 2.10. The zero-order valence-corrected chi connectivity index (χ0v) is 18.1. The van der Waals surface area contributed by atoms with Crippen LogP contribution in [0.25, 0.3) is 0 Å². The van der Waals surface area contributed by atoms with Crippen LogP contribution in [0.2, 0.25) is 0 Å². The number of amides is 1. The third kappa shape index (κ3) is 7.29. The van der Waals surface area contributed by atoms with Crippen LogP contribution in [0.15, 0.2) is 27.8 Å². The van der Waals surface area contributed by atoms with Gasteiger partial charge >= 0.3 is 5.97 Å². The van der Waals surface area contributed by atoms with E-state index in [1.807, 2.05) is 33.8 Å². The van der Waals surface area contributed by atoms with Crippen molar-refractivity contribution in [2.75, 3.05) is 6.61 Å². The van der Waals surface area contributed by atoms with Gasteiger partial charge in [0.25, 0.3) is 0 Å². The Kier molecular flexibility index (Phi) is 9.04. The van der Waals surface area contributed by atoms with E-state index in [9.17, 15) is 9.59 Å². The molecule has 1 aliphatic heterocycles. The Morgan fingerprint density at radius 2 is 2.20 bits per heavy atom. The summed E-state index contributed by atoms with van der Waals surface area (Å²) in [6.45, 7) is 8.29. The molecule has 9 nitrogen and oxygen atoms in total. The van der Waals surface area contributed by atoms with Crippen LogP contribution in [0.5, 0.6) is 0 Å². The molecule has 2 rings (SSSR count). The van der Waals surface area contributed by atoms with Crippen molar-refractivity contribution in [3.8, 4) is 0 Å². The monoisotopic (exact) mass is 420 g/mol. The normalized spacial score (nSPS) is 18.2. The molecule has 1 aromatic rings. The number of ether oxygens (including phenoxy) is 2. The molecule has 3 atom stereocenters. The zero-order valence-electron chi connectivity index (χ0n) is 18.1. The first-order valence-electron chi connectivity index (χ1n) is 10.3. The van der Waals surface area contributed by atoms with Crippen LogP contribution in [-0.2, 0) is 25.6 Å². The van der Waals surface area contributed by atoms with Crippen molar-refractivity contribution in [3.05, 3.63) is 30.0 Å². The Balaban J connectivity index is 1.89. The third-order valence-electron chi connectivity index (χ3n) is 4.46. The van der Waals surface area contributed by atoms with E-state index in [0.29, 0.717) is 24.1 Å². The number of carbonyl (C=O) groups is 2. The molecule has 2 heterocycles. The highest BCUT2D eigenvalue weighted by molar-refractivity contribution is 5.92. The van der Waals surface area contributed by atoms with Gasteiger partial charge in [0.2, 0.25) is 17.7 Å². The number of carbonyl (C=O) groups excluding carboxylic acids is 2. The van der Waals surface area contributed by atoms with Gasteiger partial charge in [-0.3, -0.25) is 9.59 Å². The van der Waals surface area contributed by atoms with Gasteiger partial charge in [0, 0.05) is 0 Å². The van der Waals surface area contributed by atoms with Crippen molar-refractivity contribution < 1.29 is 23.5 Å². The quantitative estimate of drug-likeness (QED) is 0.414. The molecule has 1 aliphatic rings. The fraction of sp³-hybridized carbons (Fsp3) is 0.619. The summed E-state index contributed by atoms with van der Waals surface area (Å²) in [7, 11) is 0. The number of rotatable bonds is 11. The van der Waals surface area contributed by atoms with Gasteiger partial charge in [-0.05, 0) is 25.3 Å². The highest BCUT2D eigenvalue weighted by Gasteiger charge is 2.24. The van der Waals surface area contributed by atoms with Gasteiger partial charge < -0.3 is 24.9 Å². The summed E-state index contributed by atoms with van der Waals surface area (Å²) >= 11 is 0. The van der Waals surface area contributed by atoms with Gasteiger partial charge in [-0.25, -0.2) is 9.98 Å². The summed E-state index contributed by atoms with van der Waals surface area (Å²) in [4.78, 5) is 33.1. The van der Waals surface area contributed by atoms with Crippen molar-refractivity contribution >= 4 is 17.8 Å². The summed E-state index contributed by atoms with van der Waals surface area (Å²) in [6, 6.07) is -0.645. The zero-order chi connectivity index (χ0) is 22.1. The van der Waals surface area contributed by atoms with E-state index >= 15 is 0 Å². The van der Waals surface area contributed by atoms with Crippen molar-refractivity contribution in [2.45, 2.75) is 71.7 Å². The number of aromatic nitrogens is 1. The van der Waals surface area contributed by atoms with E-state index < -0.39 is 18.1 Å². The summed E-state index contributed by atoms with van der Waals surface area (Å²) in [6.07, 6.45) is 6.16. The Bertz CT molecular complexity index is 771. The summed E-state index contributed by atoms with van der Waals surface area (Å²) in [5.74, 6) is -0.0931. The Morgan fingerprint density at radius 1 is 1.43 bits per heavy atom. The van der Waals surface area contributed by atoms with Crippen LogP contribution < -0.4 is 11.1 Å². The first kappa shape index (κ1) is 23.6. The highest BCUT2D eigenvalue weighted by atomic mass is 16.5. The molecule has 1 amide bonds. The molecule has 0 bridgehead atoms. The lowest BCUT2D eigenvalue weighted by Gasteiger charge is -2.19. The van der Waals surface area contributed by atoms with E-state index in [4.69, 9.17) is 19.6 Å². The minimum absolute atomic E-state index is 0.0162. The van der Waals surface area contributed by atoms with Crippen LogP contribution in [-0.4, -0.2) is 47.6 Å². The maximum absolute atomic E-state index is 12.4. The predicted molar refractivity (Wildman–Crippen MR) is 112 cm³/mol. The van der Waals surface area contributed by atoms with E-state index in [1.165, 1.54) is 6.26 Å². The lowest BCUT2D eigenvalue weighted by Crippen LogP contribution is -2.39. The second-order valence-corrected chi connectivity index (χ2v) is 7.66. The standard InChI is InChI=1S/C21H32N4O5/c1-5-6-7-8-15(30-21(27)19(22)13(2)3)9-17(26)23-10-18-25-16(12-28-18)20-24-14(4)11-29-20/h7-8,12-15,19H,5-6,9-11,22H2,1-4H3,(H,23,26)/b8-7+/t14-,15+,19-/m0/s1. The smallest absolute Gasteiger partial charge is 0.323 e. The average Bonchev–Trinajstić information content (AvgIpc) is 3.34. The largest absolute Gasteiger partial charge is 0.474 e. The fourth-order valence-electron chi connectivity index (χ4n) is 2.60. The Hall–Kier alpha value is -2.68. The molecule has 166 valence electrons. The molecular formula is C21H32N4O5. The number of unbranched alkanes of at least 4 members (excludes halogenated alkanes) is 1.